The van der Waals surface area contributed by atoms with Crippen LogP contribution in [0.25, 0.3) is 0 Å². The highest BCUT2D eigenvalue weighted by atomic mass is 19.1. The molecule has 0 saturated carbocycles. The van der Waals surface area contributed by atoms with Crippen LogP contribution < -0.4 is 10.1 Å². The smallest absolute Gasteiger partial charge is 0.127 e. The molecular formula is C13H20FNO. The molecule has 0 aliphatic rings. The zero-order valence-corrected chi connectivity index (χ0v) is 10.2. The average Bonchev–Trinajstić information content (AvgIpc) is 2.25. The van der Waals surface area contributed by atoms with Gasteiger partial charge in [0.2, 0.25) is 0 Å². The van der Waals surface area contributed by atoms with Gasteiger partial charge in [-0.15, -0.1) is 0 Å². The van der Waals surface area contributed by atoms with Crippen molar-refractivity contribution >= 4 is 0 Å². The monoisotopic (exact) mass is 225 g/mol. The lowest BCUT2D eigenvalue weighted by atomic mass is 10.2. The van der Waals surface area contributed by atoms with Gasteiger partial charge in [0.15, 0.2) is 0 Å². The number of hydrogen-bond donors (Lipinski definition) is 1. The van der Waals surface area contributed by atoms with Gasteiger partial charge in [-0.25, -0.2) is 4.39 Å². The predicted octanol–water partition coefficient (Wildman–Crippen LogP) is 3.11. The third kappa shape index (κ3) is 4.19. The summed E-state index contributed by atoms with van der Waals surface area (Å²) in [5, 5.41) is 3.16. The molecule has 0 aliphatic carbocycles. The van der Waals surface area contributed by atoms with E-state index in [1.54, 1.807) is 0 Å². The van der Waals surface area contributed by atoms with Gasteiger partial charge in [0, 0.05) is 12.6 Å². The molecule has 0 saturated heterocycles. The fourth-order valence-electron chi connectivity index (χ4n) is 1.38. The first-order valence-corrected chi connectivity index (χ1v) is 5.82. The summed E-state index contributed by atoms with van der Waals surface area (Å²) in [4.78, 5) is 0. The van der Waals surface area contributed by atoms with E-state index in [0.29, 0.717) is 12.3 Å². The Balaban J connectivity index is 2.73. The van der Waals surface area contributed by atoms with E-state index in [2.05, 4.69) is 5.32 Å². The van der Waals surface area contributed by atoms with E-state index in [4.69, 9.17) is 4.74 Å². The number of benzene rings is 1. The first kappa shape index (κ1) is 13.0. The van der Waals surface area contributed by atoms with Crippen molar-refractivity contribution < 1.29 is 9.13 Å². The van der Waals surface area contributed by atoms with Gasteiger partial charge in [0.05, 0.1) is 6.10 Å². The van der Waals surface area contributed by atoms with Crippen LogP contribution in [0.15, 0.2) is 18.2 Å². The molecule has 0 amide bonds. The first-order valence-electron chi connectivity index (χ1n) is 5.82. The molecule has 0 spiro atoms. The van der Waals surface area contributed by atoms with Gasteiger partial charge in [-0.3, -0.25) is 0 Å². The number of hydrogen-bond acceptors (Lipinski definition) is 2. The Morgan fingerprint density at radius 3 is 2.69 bits per heavy atom. The normalized spacial score (nSPS) is 12.5. The van der Waals surface area contributed by atoms with Crippen molar-refractivity contribution in [3.63, 3.8) is 0 Å². The summed E-state index contributed by atoms with van der Waals surface area (Å²) in [7, 11) is 0. The standard InChI is InChI=1S/C13H20FNO/c1-4-10(3)16-13-7-11(9-15-5-2)6-12(14)8-13/h6-8,10,15H,4-5,9H2,1-3H3. The van der Waals surface area contributed by atoms with Gasteiger partial charge in [0.1, 0.15) is 11.6 Å². The lowest BCUT2D eigenvalue weighted by molar-refractivity contribution is 0.216. The fourth-order valence-corrected chi connectivity index (χ4v) is 1.38. The first-order chi connectivity index (χ1) is 7.65. The highest BCUT2D eigenvalue weighted by Gasteiger charge is 2.05. The van der Waals surface area contributed by atoms with Crippen LogP contribution in [0.5, 0.6) is 5.75 Å². The van der Waals surface area contributed by atoms with Crippen LogP contribution in [-0.2, 0) is 6.54 Å². The van der Waals surface area contributed by atoms with Crippen molar-refractivity contribution in [1.29, 1.82) is 0 Å². The zero-order chi connectivity index (χ0) is 12.0. The number of halogens is 1. The molecule has 3 heteroatoms. The second-order valence-electron chi connectivity index (χ2n) is 3.91. The summed E-state index contributed by atoms with van der Waals surface area (Å²) in [5.74, 6) is 0.371. The van der Waals surface area contributed by atoms with Crippen LogP contribution in [-0.4, -0.2) is 12.6 Å². The lowest BCUT2D eigenvalue weighted by Crippen LogP contribution is -2.13. The molecule has 1 atom stereocenters. The maximum atomic E-state index is 13.3. The summed E-state index contributed by atoms with van der Waals surface area (Å²) in [6.07, 6.45) is 1.03. The molecule has 0 bridgehead atoms. The molecule has 1 aromatic rings. The molecule has 0 fully saturated rings. The Labute approximate surface area is 96.8 Å². The van der Waals surface area contributed by atoms with Crippen LogP contribution in [0.2, 0.25) is 0 Å². The van der Waals surface area contributed by atoms with Crippen LogP contribution >= 0.6 is 0 Å². The Kier molecular flexibility index (Phi) is 5.26. The van der Waals surface area contributed by atoms with Gasteiger partial charge < -0.3 is 10.1 Å². The van der Waals surface area contributed by atoms with Crippen molar-refractivity contribution in [2.75, 3.05) is 6.54 Å². The van der Waals surface area contributed by atoms with Gasteiger partial charge in [-0.05, 0) is 37.6 Å². The molecule has 0 aliphatic heterocycles. The minimum atomic E-state index is -0.242. The topological polar surface area (TPSA) is 21.3 Å². The van der Waals surface area contributed by atoms with Gasteiger partial charge >= 0.3 is 0 Å². The van der Waals surface area contributed by atoms with Crippen LogP contribution in [0, 0.1) is 5.82 Å². The average molecular weight is 225 g/mol. The summed E-state index contributed by atoms with van der Waals surface area (Å²) in [5.41, 5.74) is 0.917. The molecule has 1 rings (SSSR count). The predicted molar refractivity (Wildman–Crippen MR) is 64.2 cm³/mol. The van der Waals surface area contributed by atoms with Crippen LogP contribution in [0.1, 0.15) is 32.8 Å². The molecule has 0 aromatic heterocycles. The molecule has 2 nitrogen and oxygen atoms in total. The molecule has 16 heavy (non-hydrogen) atoms. The fraction of sp³-hybridized carbons (Fsp3) is 0.538. The minimum Gasteiger partial charge on any atom is -0.491 e. The van der Waals surface area contributed by atoms with Crippen molar-refractivity contribution in [2.45, 2.75) is 39.8 Å². The van der Waals surface area contributed by atoms with E-state index >= 15 is 0 Å². The van der Waals surface area contributed by atoms with E-state index in [1.165, 1.54) is 12.1 Å². The van der Waals surface area contributed by atoms with Crippen LogP contribution in [0.4, 0.5) is 4.39 Å². The Morgan fingerprint density at radius 2 is 2.06 bits per heavy atom. The van der Waals surface area contributed by atoms with Gasteiger partial charge in [-0.1, -0.05) is 13.8 Å². The molecule has 1 aromatic carbocycles. The Hall–Kier alpha value is -1.09. The zero-order valence-electron chi connectivity index (χ0n) is 10.2. The third-order valence-corrected chi connectivity index (χ3v) is 2.42. The van der Waals surface area contributed by atoms with E-state index in [-0.39, 0.29) is 11.9 Å². The van der Waals surface area contributed by atoms with Gasteiger partial charge in [0.25, 0.3) is 0 Å². The largest absolute Gasteiger partial charge is 0.491 e. The third-order valence-electron chi connectivity index (χ3n) is 2.42. The number of rotatable bonds is 6. The van der Waals surface area contributed by atoms with Crippen molar-refractivity contribution in [3.8, 4) is 5.75 Å². The minimum absolute atomic E-state index is 0.119. The lowest BCUT2D eigenvalue weighted by Gasteiger charge is -2.13. The van der Waals surface area contributed by atoms with Crippen molar-refractivity contribution in [2.24, 2.45) is 0 Å². The summed E-state index contributed by atoms with van der Waals surface area (Å²) < 4.78 is 18.9. The summed E-state index contributed by atoms with van der Waals surface area (Å²) >= 11 is 0. The molecule has 0 radical (unpaired) electrons. The van der Waals surface area contributed by atoms with E-state index < -0.39 is 0 Å². The maximum Gasteiger partial charge on any atom is 0.127 e. The second-order valence-corrected chi connectivity index (χ2v) is 3.91. The maximum absolute atomic E-state index is 13.3. The summed E-state index contributed by atoms with van der Waals surface area (Å²) in [6.45, 7) is 7.59. The van der Waals surface area contributed by atoms with E-state index in [1.807, 2.05) is 26.8 Å². The second kappa shape index (κ2) is 6.48. The van der Waals surface area contributed by atoms with Gasteiger partial charge in [-0.2, -0.15) is 0 Å². The SMILES string of the molecule is CCNCc1cc(F)cc(OC(C)CC)c1. The Morgan fingerprint density at radius 1 is 1.31 bits per heavy atom. The van der Waals surface area contributed by atoms with Crippen LogP contribution in [0.3, 0.4) is 0 Å². The highest BCUT2D eigenvalue weighted by Crippen LogP contribution is 2.18. The number of ether oxygens (including phenoxy) is 1. The Bertz CT molecular complexity index is 328. The molecule has 0 heterocycles. The van der Waals surface area contributed by atoms with Crippen molar-refractivity contribution in [3.05, 3.63) is 29.6 Å². The molecule has 1 N–H and O–H groups in total. The quantitative estimate of drug-likeness (QED) is 0.803. The van der Waals surface area contributed by atoms with E-state index in [0.717, 1.165) is 18.5 Å². The van der Waals surface area contributed by atoms with E-state index in [9.17, 15) is 4.39 Å². The summed E-state index contributed by atoms with van der Waals surface area (Å²) in [6, 6.07) is 4.85. The molecule has 1 unspecified atom stereocenters. The van der Waals surface area contributed by atoms with Crippen molar-refractivity contribution in [1.82, 2.24) is 5.32 Å². The molecule has 90 valence electrons. The highest BCUT2D eigenvalue weighted by molar-refractivity contribution is 5.29. The number of nitrogens with one attached hydrogen (secondary N) is 1. The molecular weight excluding hydrogens is 205 g/mol.